The predicted molar refractivity (Wildman–Crippen MR) is 126 cm³/mol. The van der Waals surface area contributed by atoms with E-state index in [1.54, 1.807) is 6.07 Å². The molecule has 0 spiro atoms. The summed E-state index contributed by atoms with van der Waals surface area (Å²) in [5.74, 6) is 0.965. The van der Waals surface area contributed by atoms with Crippen LogP contribution < -0.4 is 5.69 Å². The van der Waals surface area contributed by atoms with Crippen molar-refractivity contribution in [2.75, 3.05) is 19.6 Å². The van der Waals surface area contributed by atoms with E-state index in [4.69, 9.17) is 0 Å². The van der Waals surface area contributed by atoms with Crippen LogP contribution in [0.1, 0.15) is 50.7 Å². The second-order valence-electron chi connectivity index (χ2n) is 9.02. The van der Waals surface area contributed by atoms with Gasteiger partial charge in [-0.05, 0) is 80.1 Å². The van der Waals surface area contributed by atoms with Crippen LogP contribution in [0.25, 0.3) is 17.1 Å². The molecule has 2 aromatic carbocycles. The van der Waals surface area contributed by atoms with Crippen molar-refractivity contribution in [3.63, 3.8) is 0 Å². The molecule has 1 fully saturated rings. The SMILES string of the molecule is CCN1CCC(Cc2ccc(-n3c(-c4cc(C(C)C)c(O)cc4O)n[nH]c3=O)cc2)CC1. The van der Waals surface area contributed by atoms with Gasteiger partial charge in [-0.1, -0.05) is 32.9 Å². The maximum atomic E-state index is 12.6. The molecular formula is C25H32N4O3. The molecule has 1 saturated heterocycles. The van der Waals surface area contributed by atoms with E-state index in [0.29, 0.717) is 28.6 Å². The zero-order valence-electron chi connectivity index (χ0n) is 19.0. The number of phenols is 2. The molecule has 0 amide bonds. The molecular weight excluding hydrogens is 404 g/mol. The standard InChI is InChI=1S/C25H32N4O3/c1-4-28-11-9-18(10-12-28)13-17-5-7-19(8-6-17)29-24(26-27-25(29)32)21-14-20(16(2)3)22(30)15-23(21)31/h5-8,14-16,18,30-31H,4,9-13H2,1-3H3,(H,27,32). The minimum atomic E-state index is -0.377. The molecule has 32 heavy (non-hydrogen) atoms. The second kappa shape index (κ2) is 9.20. The van der Waals surface area contributed by atoms with Crippen LogP contribution in [-0.4, -0.2) is 49.5 Å². The molecule has 2 heterocycles. The minimum absolute atomic E-state index is 0.0276. The number of H-pyrrole nitrogens is 1. The van der Waals surface area contributed by atoms with Gasteiger partial charge in [0.1, 0.15) is 11.5 Å². The summed E-state index contributed by atoms with van der Waals surface area (Å²) in [5, 5.41) is 27.3. The third-order valence-electron chi connectivity index (χ3n) is 6.55. The van der Waals surface area contributed by atoms with Gasteiger partial charge in [-0.25, -0.2) is 14.5 Å². The van der Waals surface area contributed by atoms with Crippen LogP contribution in [-0.2, 0) is 6.42 Å². The molecule has 0 radical (unpaired) electrons. The van der Waals surface area contributed by atoms with Gasteiger partial charge in [-0.2, -0.15) is 5.10 Å². The molecule has 7 heteroatoms. The molecule has 4 rings (SSSR count). The summed E-state index contributed by atoms with van der Waals surface area (Å²) in [6.07, 6.45) is 3.49. The van der Waals surface area contributed by atoms with Crippen molar-refractivity contribution in [3.8, 4) is 28.6 Å². The number of aromatic hydroxyl groups is 2. The molecule has 1 aliphatic heterocycles. The lowest BCUT2D eigenvalue weighted by molar-refractivity contribution is 0.192. The number of hydrogen-bond acceptors (Lipinski definition) is 5. The molecule has 170 valence electrons. The summed E-state index contributed by atoms with van der Waals surface area (Å²) < 4.78 is 1.46. The largest absolute Gasteiger partial charge is 0.508 e. The number of benzene rings is 2. The highest BCUT2D eigenvalue weighted by molar-refractivity contribution is 5.69. The van der Waals surface area contributed by atoms with Gasteiger partial charge in [0.15, 0.2) is 5.82 Å². The first-order valence-electron chi connectivity index (χ1n) is 11.4. The quantitative estimate of drug-likeness (QED) is 0.542. The topological polar surface area (TPSA) is 94.4 Å². The number of piperidine rings is 1. The van der Waals surface area contributed by atoms with Gasteiger partial charge in [-0.3, -0.25) is 0 Å². The van der Waals surface area contributed by atoms with Crippen molar-refractivity contribution in [1.29, 1.82) is 0 Å². The Morgan fingerprint density at radius 2 is 1.78 bits per heavy atom. The Labute approximate surface area is 188 Å². The molecule has 1 aliphatic rings. The van der Waals surface area contributed by atoms with Gasteiger partial charge < -0.3 is 15.1 Å². The Hall–Kier alpha value is -3.06. The van der Waals surface area contributed by atoms with Crippen LogP contribution >= 0.6 is 0 Å². The van der Waals surface area contributed by atoms with E-state index < -0.39 is 0 Å². The highest BCUT2D eigenvalue weighted by Crippen LogP contribution is 2.37. The fourth-order valence-electron chi connectivity index (χ4n) is 4.57. The Morgan fingerprint density at radius 3 is 2.41 bits per heavy atom. The Balaban J connectivity index is 1.60. The Morgan fingerprint density at radius 1 is 1.09 bits per heavy atom. The zero-order valence-corrected chi connectivity index (χ0v) is 19.0. The van der Waals surface area contributed by atoms with Crippen LogP contribution in [0.5, 0.6) is 11.5 Å². The number of likely N-dealkylation sites (tertiary alicyclic amines) is 1. The van der Waals surface area contributed by atoms with Gasteiger partial charge in [0, 0.05) is 6.07 Å². The summed E-state index contributed by atoms with van der Waals surface area (Å²) in [7, 11) is 0. The van der Waals surface area contributed by atoms with Crippen molar-refractivity contribution < 1.29 is 10.2 Å². The Bertz CT molecular complexity index is 1120. The summed E-state index contributed by atoms with van der Waals surface area (Å²) in [6, 6.07) is 11.0. The van der Waals surface area contributed by atoms with Crippen molar-refractivity contribution in [1.82, 2.24) is 19.7 Å². The lowest BCUT2D eigenvalue weighted by Gasteiger charge is -2.31. The van der Waals surface area contributed by atoms with Crippen molar-refractivity contribution in [2.24, 2.45) is 5.92 Å². The fraction of sp³-hybridized carbons (Fsp3) is 0.440. The van der Waals surface area contributed by atoms with E-state index >= 15 is 0 Å². The minimum Gasteiger partial charge on any atom is -0.508 e. The first-order chi connectivity index (χ1) is 15.4. The lowest BCUT2D eigenvalue weighted by atomic mass is 9.90. The third kappa shape index (κ3) is 4.43. The number of nitrogens with one attached hydrogen (secondary N) is 1. The number of aromatic amines is 1. The van der Waals surface area contributed by atoms with Crippen LogP contribution in [0.3, 0.4) is 0 Å². The molecule has 7 nitrogen and oxygen atoms in total. The third-order valence-corrected chi connectivity index (χ3v) is 6.55. The Kier molecular flexibility index (Phi) is 6.37. The van der Waals surface area contributed by atoms with Gasteiger partial charge in [0.25, 0.3) is 0 Å². The predicted octanol–water partition coefficient (Wildman–Crippen LogP) is 4.04. The van der Waals surface area contributed by atoms with E-state index in [2.05, 4.69) is 34.2 Å². The van der Waals surface area contributed by atoms with E-state index in [-0.39, 0.29) is 23.1 Å². The van der Waals surface area contributed by atoms with Crippen molar-refractivity contribution >= 4 is 0 Å². The molecule has 0 unspecified atom stereocenters. The van der Waals surface area contributed by atoms with Gasteiger partial charge in [0.2, 0.25) is 0 Å². The number of rotatable bonds is 6. The van der Waals surface area contributed by atoms with E-state index in [1.807, 2.05) is 26.0 Å². The van der Waals surface area contributed by atoms with Gasteiger partial charge in [-0.15, -0.1) is 0 Å². The highest BCUT2D eigenvalue weighted by Gasteiger charge is 2.21. The van der Waals surface area contributed by atoms with E-state index in [1.165, 1.54) is 42.1 Å². The fourth-order valence-corrected chi connectivity index (χ4v) is 4.57. The second-order valence-corrected chi connectivity index (χ2v) is 9.02. The van der Waals surface area contributed by atoms with Crippen molar-refractivity contribution in [2.45, 2.75) is 46.0 Å². The number of hydrogen-bond donors (Lipinski definition) is 3. The number of phenolic OH excluding ortho intramolecular Hbond substituents is 2. The van der Waals surface area contributed by atoms with Crippen LogP contribution in [0.2, 0.25) is 0 Å². The summed E-state index contributed by atoms with van der Waals surface area (Å²) in [4.78, 5) is 15.1. The number of nitrogens with zero attached hydrogens (tertiary/aromatic N) is 3. The van der Waals surface area contributed by atoms with E-state index in [0.717, 1.165) is 13.0 Å². The summed E-state index contributed by atoms with van der Waals surface area (Å²) in [5.41, 5.74) is 2.65. The molecule has 1 aromatic heterocycles. The molecule has 3 N–H and O–H groups in total. The molecule has 0 atom stereocenters. The molecule has 0 bridgehead atoms. The zero-order chi connectivity index (χ0) is 22.8. The first kappa shape index (κ1) is 22.1. The molecule has 0 aliphatic carbocycles. The summed E-state index contributed by atoms with van der Waals surface area (Å²) in [6.45, 7) is 9.59. The maximum absolute atomic E-state index is 12.6. The van der Waals surface area contributed by atoms with E-state index in [9.17, 15) is 15.0 Å². The van der Waals surface area contributed by atoms with Crippen molar-refractivity contribution in [3.05, 3.63) is 58.0 Å². The average molecular weight is 437 g/mol. The van der Waals surface area contributed by atoms with Gasteiger partial charge in [0.05, 0.1) is 11.3 Å². The highest BCUT2D eigenvalue weighted by atomic mass is 16.3. The van der Waals surface area contributed by atoms with Gasteiger partial charge >= 0.3 is 5.69 Å². The smallest absolute Gasteiger partial charge is 0.348 e. The van der Waals surface area contributed by atoms with Crippen LogP contribution in [0.15, 0.2) is 41.2 Å². The molecule has 0 saturated carbocycles. The average Bonchev–Trinajstić information content (AvgIpc) is 3.15. The normalized spacial score (nSPS) is 15.5. The van der Waals surface area contributed by atoms with Crippen LogP contribution in [0, 0.1) is 5.92 Å². The van der Waals surface area contributed by atoms with Crippen LogP contribution in [0.4, 0.5) is 0 Å². The monoisotopic (exact) mass is 436 g/mol. The lowest BCUT2D eigenvalue weighted by Crippen LogP contribution is -2.34. The number of aromatic nitrogens is 3. The maximum Gasteiger partial charge on any atom is 0.348 e. The summed E-state index contributed by atoms with van der Waals surface area (Å²) >= 11 is 0. The first-order valence-corrected chi connectivity index (χ1v) is 11.4. The molecule has 3 aromatic rings.